The van der Waals surface area contributed by atoms with Crippen LogP contribution in [0.25, 0.3) is 0 Å². The van der Waals surface area contributed by atoms with Crippen molar-refractivity contribution in [2.45, 2.75) is 43.9 Å². The van der Waals surface area contributed by atoms with Crippen LogP contribution in [0.1, 0.15) is 36.4 Å². The fraction of sp³-hybridized carbons (Fsp3) is 0.545. The third-order valence-electron chi connectivity index (χ3n) is 5.99. The fourth-order valence-electron chi connectivity index (χ4n) is 4.38. The lowest BCUT2D eigenvalue weighted by molar-refractivity contribution is -0.148. The van der Waals surface area contributed by atoms with Crippen LogP contribution in [0, 0.1) is 0 Å². The number of nitrogens with one attached hydrogen (secondary N) is 1. The van der Waals surface area contributed by atoms with E-state index in [0.29, 0.717) is 26.0 Å². The minimum atomic E-state index is -0.190. The lowest BCUT2D eigenvalue weighted by Gasteiger charge is -2.44. The van der Waals surface area contributed by atoms with E-state index in [1.807, 2.05) is 29.3 Å². The van der Waals surface area contributed by atoms with Gasteiger partial charge in [-0.05, 0) is 30.4 Å². The molecule has 2 fully saturated rings. The molecular formula is C22H30N4O3. The molecule has 0 bridgehead atoms. The third-order valence-corrected chi connectivity index (χ3v) is 5.99. The Balaban J connectivity index is 1.49. The summed E-state index contributed by atoms with van der Waals surface area (Å²) < 4.78 is 6.19. The average molecular weight is 399 g/mol. The number of aromatic amines is 1. The van der Waals surface area contributed by atoms with Crippen LogP contribution in [-0.2, 0) is 16.0 Å². The van der Waals surface area contributed by atoms with Gasteiger partial charge in [0.2, 0.25) is 5.91 Å². The molecule has 0 radical (unpaired) electrons. The molecule has 2 saturated heterocycles. The molecule has 1 aromatic carbocycles. The van der Waals surface area contributed by atoms with Gasteiger partial charge in [-0.3, -0.25) is 9.89 Å². The highest BCUT2D eigenvalue weighted by molar-refractivity contribution is 5.77. The average Bonchev–Trinajstić information content (AvgIpc) is 3.28. The second-order valence-electron chi connectivity index (χ2n) is 7.99. The highest BCUT2D eigenvalue weighted by Crippen LogP contribution is 2.31. The number of nitrogens with zero attached hydrogens (tertiary/aromatic N) is 3. The zero-order valence-electron chi connectivity index (χ0n) is 16.7. The first-order valence-corrected chi connectivity index (χ1v) is 10.5. The smallest absolute Gasteiger partial charge is 0.223 e. The van der Waals surface area contributed by atoms with Crippen molar-refractivity contribution in [1.29, 1.82) is 0 Å². The molecule has 2 aliphatic rings. The van der Waals surface area contributed by atoms with Crippen LogP contribution >= 0.6 is 0 Å². The van der Waals surface area contributed by atoms with Crippen molar-refractivity contribution in [3.05, 3.63) is 53.9 Å². The van der Waals surface area contributed by atoms with E-state index in [1.54, 1.807) is 6.20 Å². The molecule has 1 amide bonds. The topological polar surface area (TPSA) is 81.7 Å². The van der Waals surface area contributed by atoms with Crippen molar-refractivity contribution in [2.75, 3.05) is 32.8 Å². The lowest BCUT2D eigenvalue weighted by atomic mass is 9.96. The van der Waals surface area contributed by atoms with Gasteiger partial charge in [-0.1, -0.05) is 30.3 Å². The van der Waals surface area contributed by atoms with Crippen LogP contribution in [0.15, 0.2) is 42.7 Å². The number of ether oxygens (including phenoxy) is 1. The largest absolute Gasteiger partial charge is 0.393 e. The SMILES string of the molecule is O=C(CCc1cn[nH]c1)N1CCO[C@@H](CN2CCC(O)CC2)[C@@H]1c1ccccc1. The Morgan fingerprint density at radius 3 is 2.72 bits per heavy atom. The Hall–Kier alpha value is -2.22. The van der Waals surface area contributed by atoms with E-state index in [0.717, 1.165) is 43.6 Å². The summed E-state index contributed by atoms with van der Waals surface area (Å²) in [6.45, 7) is 3.69. The Morgan fingerprint density at radius 2 is 2.00 bits per heavy atom. The number of benzene rings is 1. The van der Waals surface area contributed by atoms with Gasteiger partial charge in [-0.2, -0.15) is 5.10 Å². The first-order chi connectivity index (χ1) is 14.2. The molecule has 3 heterocycles. The van der Waals surface area contributed by atoms with E-state index >= 15 is 0 Å². The van der Waals surface area contributed by atoms with E-state index in [1.165, 1.54) is 0 Å². The minimum absolute atomic E-state index is 0.0701. The molecule has 2 atom stereocenters. The van der Waals surface area contributed by atoms with E-state index in [4.69, 9.17) is 4.74 Å². The van der Waals surface area contributed by atoms with Crippen molar-refractivity contribution < 1.29 is 14.6 Å². The maximum atomic E-state index is 13.2. The van der Waals surface area contributed by atoms with Gasteiger partial charge in [0.25, 0.3) is 0 Å². The molecule has 2 aromatic rings. The molecule has 1 aromatic heterocycles. The van der Waals surface area contributed by atoms with Gasteiger partial charge in [-0.15, -0.1) is 0 Å². The Labute approximate surface area is 171 Å². The Kier molecular flexibility index (Phi) is 6.59. The number of morpholine rings is 1. The van der Waals surface area contributed by atoms with Crippen LogP contribution in [0.3, 0.4) is 0 Å². The summed E-state index contributed by atoms with van der Waals surface area (Å²) in [5.74, 6) is 0.155. The van der Waals surface area contributed by atoms with Gasteiger partial charge >= 0.3 is 0 Å². The van der Waals surface area contributed by atoms with Crippen LogP contribution in [0.5, 0.6) is 0 Å². The zero-order valence-corrected chi connectivity index (χ0v) is 16.7. The second-order valence-corrected chi connectivity index (χ2v) is 7.99. The molecular weight excluding hydrogens is 368 g/mol. The summed E-state index contributed by atoms with van der Waals surface area (Å²) in [5, 5.41) is 16.6. The Bertz CT molecular complexity index is 760. The van der Waals surface area contributed by atoms with E-state index in [2.05, 4.69) is 27.2 Å². The molecule has 2 N–H and O–H groups in total. The van der Waals surface area contributed by atoms with Gasteiger partial charge in [0.1, 0.15) is 0 Å². The van der Waals surface area contributed by atoms with Crippen molar-refractivity contribution in [3.8, 4) is 0 Å². The molecule has 29 heavy (non-hydrogen) atoms. The van der Waals surface area contributed by atoms with Gasteiger partial charge in [-0.25, -0.2) is 0 Å². The summed E-state index contributed by atoms with van der Waals surface area (Å²) in [6, 6.07) is 10.1. The molecule has 0 spiro atoms. The summed E-state index contributed by atoms with van der Waals surface area (Å²) in [7, 11) is 0. The normalized spacial score (nSPS) is 24.0. The molecule has 7 nitrogen and oxygen atoms in total. The predicted molar refractivity (Wildman–Crippen MR) is 109 cm³/mol. The van der Waals surface area contributed by atoms with Crippen molar-refractivity contribution in [1.82, 2.24) is 20.0 Å². The molecule has 0 saturated carbocycles. The van der Waals surface area contributed by atoms with E-state index < -0.39 is 0 Å². The number of rotatable bonds is 6. The molecule has 0 unspecified atom stereocenters. The van der Waals surface area contributed by atoms with Crippen LogP contribution in [0.2, 0.25) is 0 Å². The summed E-state index contributed by atoms with van der Waals surface area (Å²) in [4.78, 5) is 17.5. The first-order valence-electron chi connectivity index (χ1n) is 10.5. The maximum absolute atomic E-state index is 13.2. The van der Waals surface area contributed by atoms with Gasteiger partial charge < -0.3 is 19.6 Å². The fourth-order valence-corrected chi connectivity index (χ4v) is 4.38. The number of hydrogen-bond donors (Lipinski definition) is 2. The number of likely N-dealkylation sites (tertiary alicyclic amines) is 1. The third kappa shape index (κ3) is 5.04. The number of H-pyrrole nitrogens is 1. The second kappa shape index (κ2) is 9.52. The molecule has 2 aliphatic heterocycles. The van der Waals surface area contributed by atoms with E-state index in [-0.39, 0.29) is 24.2 Å². The number of piperidine rings is 1. The number of aryl methyl sites for hydroxylation is 1. The number of hydrogen-bond acceptors (Lipinski definition) is 5. The van der Waals surface area contributed by atoms with Gasteiger partial charge in [0.15, 0.2) is 0 Å². The van der Waals surface area contributed by atoms with Crippen molar-refractivity contribution in [3.63, 3.8) is 0 Å². The molecule has 156 valence electrons. The summed E-state index contributed by atoms with van der Waals surface area (Å²) >= 11 is 0. The maximum Gasteiger partial charge on any atom is 0.223 e. The predicted octanol–water partition coefficient (Wildman–Crippen LogP) is 1.77. The van der Waals surface area contributed by atoms with Gasteiger partial charge in [0, 0.05) is 38.8 Å². The highest BCUT2D eigenvalue weighted by atomic mass is 16.5. The number of aliphatic hydroxyl groups is 1. The van der Waals surface area contributed by atoms with Gasteiger partial charge in [0.05, 0.1) is 31.1 Å². The van der Waals surface area contributed by atoms with Crippen LogP contribution in [-0.4, -0.2) is 76.0 Å². The monoisotopic (exact) mass is 398 g/mol. The number of amides is 1. The van der Waals surface area contributed by atoms with Crippen LogP contribution in [0.4, 0.5) is 0 Å². The number of aromatic nitrogens is 2. The first kappa shape index (κ1) is 20.1. The number of carbonyl (C=O) groups excluding carboxylic acids is 1. The zero-order chi connectivity index (χ0) is 20.1. The minimum Gasteiger partial charge on any atom is -0.393 e. The number of aliphatic hydroxyl groups excluding tert-OH is 1. The molecule has 4 rings (SSSR count). The molecule has 0 aliphatic carbocycles. The van der Waals surface area contributed by atoms with Crippen molar-refractivity contribution >= 4 is 5.91 Å². The van der Waals surface area contributed by atoms with E-state index in [9.17, 15) is 9.90 Å². The molecule has 7 heteroatoms. The number of carbonyl (C=O) groups is 1. The summed E-state index contributed by atoms with van der Waals surface area (Å²) in [6.07, 6.45) is 6.10. The van der Waals surface area contributed by atoms with Crippen LogP contribution < -0.4 is 0 Å². The lowest BCUT2D eigenvalue weighted by Crippen LogP contribution is -2.52. The quantitative estimate of drug-likeness (QED) is 0.775. The van der Waals surface area contributed by atoms with Crippen molar-refractivity contribution in [2.24, 2.45) is 0 Å². The highest BCUT2D eigenvalue weighted by Gasteiger charge is 2.37. The summed E-state index contributed by atoms with van der Waals surface area (Å²) in [5.41, 5.74) is 2.16. The Morgan fingerprint density at radius 1 is 1.21 bits per heavy atom. The standard InChI is InChI=1S/C22H30N4O3/c27-19-8-10-25(11-9-19)16-20-22(18-4-2-1-3-5-18)26(12-13-29-20)21(28)7-6-17-14-23-24-15-17/h1-5,14-15,19-20,22,27H,6-13,16H2,(H,23,24)/t20-,22-/m0/s1.